The van der Waals surface area contributed by atoms with Crippen LogP contribution in [0.2, 0.25) is 0 Å². The summed E-state index contributed by atoms with van der Waals surface area (Å²) in [6.07, 6.45) is 2.31. The molecular formula is C16H16N4O2S2. The third kappa shape index (κ3) is 3.72. The minimum absolute atomic E-state index is 0.104. The van der Waals surface area contributed by atoms with Crippen LogP contribution in [0.5, 0.6) is 11.5 Å². The normalized spacial score (nSPS) is 11.2. The van der Waals surface area contributed by atoms with Gasteiger partial charge in [0.15, 0.2) is 17.3 Å². The van der Waals surface area contributed by atoms with Crippen LogP contribution in [0.15, 0.2) is 40.8 Å². The first-order valence-corrected chi connectivity index (χ1v) is 8.65. The summed E-state index contributed by atoms with van der Waals surface area (Å²) in [6, 6.07) is 9.11. The molecule has 0 aliphatic heterocycles. The van der Waals surface area contributed by atoms with Crippen molar-refractivity contribution >= 4 is 29.8 Å². The van der Waals surface area contributed by atoms with Crippen molar-refractivity contribution in [1.29, 1.82) is 0 Å². The molecule has 3 aromatic rings. The maximum absolute atomic E-state index is 9.74. The summed E-state index contributed by atoms with van der Waals surface area (Å²) in [5.74, 6) is 1.27. The Morgan fingerprint density at radius 1 is 1.46 bits per heavy atom. The molecule has 3 rings (SSSR count). The molecular weight excluding hydrogens is 344 g/mol. The highest BCUT2D eigenvalue weighted by molar-refractivity contribution is 7.71. The van der Waals surface area contributed by atoms with Crippen molar-refractivity contribution < 1.29 is 9.84 Å². The minimum Gasteiger partial charge on any atom is -0.504 e. The van der Waals surface area contributed by atoms with Crippen molar-refractivity contribution in [3.8, 4) is 11.5 Å². The molecule has 24 heavy (non-hydrogen) atoms. The van der Waals surface area contributed by atoms with Gasteiger partial charge in [0.05, 0.1) is 12.8 Å². The minimum atomic E-state index is 0.104. The monoisotopic (exact) mass is 360 g/mol. The largest absolute Gasteiger partial charge is 0.504 e. The number of ether oxygens (including phenoxy) is 1. The standard InChI is InChI=1S/C16H16N4O2S2/c1-2-22-14-8-11(5-6-13(14)21)10-17-20-15(18-19-16(20)23)9-12-4-3-7-24-12/h3-8,10,21H,2,9H2,1H3,(H,19,23)/b17-10-. The van der Waals surface area contributed by atoms with Crippen LogP contribution in [0, 0.1) is 4.77 Å². The van der Waals surface area contributed by atoms with E-state index in [4.69, 9.17) is 17.0 Å². The molecule has 0 aliphatic rings. The summed E-state index contributed by atoms with van der Waals surface area (Å²) in [6.45, 7) is 2.34. The van der Waals surface area contributed by atoms with E-state index >= 15 is 0 Å². The number of benzene rings is 1. The Morgan fingerprint density at radius 3 is 3.08 bits per heavy atom. The van der Waals surface area contributed by atoms with E-state index in [1.54, 1.807) is 40.4 Å². The van der Waals surface area contributed by atoms with Crippen molar-refractivity contribution in [2.45, 2.75) is 13.3 Å². The van der Waals surface area contributed by atoms with Crippen molar-refractivity contribution in [1.82, 2.24) is 14.9 Å². The van der Waals surface area contributed by atoms with E-state index < -0.39 is 0 Å². The molecule has 0 aliphatic carbocycles. The van der Waals surface area contributed by atoms with Gasteiger partial charge in [0, 0.05) is 11.3 Å². The quantitative estimate of drug-likeness (QED) is 0.520. The highest BCUT2D eigenvalue weighted by Gasteiger charge is 2.07. The molecule has 0 unspecified atom stereocenters. The van der Waals surface area contributed by atoms with Gasteiger partial charge in [-0.2, -0.15) is 14.9 Å². The lowest BCUT2D eigenvalue weighted by Gasteiger charge is -2.06. The third-order valence-electron chi connectivity index (χ3n) is 3.24. The predicted molar refractivity (Wildman–Crippen MR) is 96.8 cm³/mol. The average molecular weight is 360 g/mol. The fraction of sp³-hybridized carbons (Fsp3) is 0.188. The summed E-state index contributed by atoms with van der Waals surface area (Å²) < 4.78 is 7.41. The summed E-state index contributed by atoms with van der Waals surface area (Å²) in [4.78, 5) is 1.18. The maximum atomic E-state index is 9.74. The van der Waals surface area contributed by atoms with E-state index in [1.165, 1.54) is 4.88 Å². The fourth-order valence-electron chi connectivity index (χ4n) is 2.13. The number of rotatable bonds is 6. The Hall–Kier alpha value is -2.45. The number of phenols is 1. The van der Waals surface area contributed by atoms with E-state index in [1.807, 2.05) is 24.4 Å². The summed E-state index contributed by atoms with van der Waals surface area (Å²) in [5.41, 5.74) is 0.793. The topological polar surface area (TPSA) is 75.4 Å². The first-order valence-electron chi connectivity index (χ1n) is 7.36. The van der Waals surface area contributed by atoms with Gasteiger partial charge in [-0.1, -0.05) is 6.07 Å². The number of thiophene rings is 1. The van der Waals surface area contributed by atoms with Gasteiger partial charge < -0.3 is 9.84 Å². The summed E-state index contributed by atoms with van der Waals surface area (Å²) in [5, 5.41) is 23.2. The number of nitrogens with zero attached hydrogens (tertiary/aromatic N) is 3. The van der Waals surface area contributed by atoms with E-state index in [2.05, 4.69) is 15.3 Å². The predicted octanol–water partition coefficient (Wildman–Crippen LogP) is 3.58. The van der Waals surface area contributed by atoms with E-state index in [9.17, 15) is 5.11 Å². The SMILES string of the molecule is CCOc1cc(/C=N\n2c(Cc3cccs3)n[nH]c2=S)ccc1O. The lowest BCUT2D eigenvalue weighted by molar-refractivity contribution is 0.318. The van der Waals surface area contributed by atoms with Crippen LogP contribution in [-0.4, -0.2) is 32.8 Å². The van der Waals surface area contributed by atoms with Crippen LogP contribution in [0.4, 0.5) is 0 Å². The lowest BCUT2D eigenvalue weighted by atomic mass is 10.2. The van der Waals surface area contributed by atoms with Crippen molar-refractivity contribution in [2.75, 3.05) is 6.61 Å². The fourth-order valence-corrected chi connectivity index (χ4v) is 3.03. The Balaban J connectivity index is 1.86. The molecule has 8 heteroatoms. The smallest absolute Gasteiger partial charge is 0.216 e. The molecule has 2 aromatic heterocycles. The van der Waals surface area contributed by atoms with Gasteiger partial charge in [0.25, 0.3) is 0 Å². The molecule has 0 bridgehead atoms. The molecule has 0 amide bonds. The van der Waals surface area contributed by atoms with Gasteiger partial charge in [-0.15, -0.1) is 11.3 Å². The van der Waals surface area contributed by atoms with Crippen LogP contribution >= 0.6 is 23.6 Å². The second kappa shape index (κ2) is 7.41. The number of aromatic amines is 1. The Kier molecular flexibility index (Phi) is 5.07. The number of hydrogen-bond acceptors (Lipinski definition) is 6. The third-order valence-corrected chi connectivity index (χ3v) is 4.38. The zero-order valence-electron chi connectivity index (χ0n) is 13.0. The number of hydrogen-bond donors (Lipinski definition) is 2. The second-order valence-electron chi connectivity index (χ2n) is 4.92. The zero-order chi connectivity index (χ0) is 16.9. The molecule has 1 aromatic carbocycles. The first-order chi connectivity index (χ1) is 11.7. The van der Waals surface area contributed by atoms with Gasteiger partial charge in [-0.05, 0) is 54.4 Å². The van der Waals surface area contributed by atoms with Crippen LogP contribution in [0.25, 0.3) is 0 Å². The molecule has 124 valence electrons. The molecule has 0 radical (unpaired) electrons. The van der Waals surface area contributed by atoms with E-state index in [-0.39, 0.29) is 5.75 Å². The van der Waals surface area contributed by atoms with Crippen LogP contribution in [-0.2, 0) is 6.42 Å². The van der Waals surface area contributed by atoms with E-state index in [0.29, 0.717) is 23.5 Å². The molecule has 6 nitrogen and oxygen atoms in total. The summed E-state index contributed by atoms with van der Waals surface area (Å²) >= 11 is 6.90. The van der Waals surface area contributed by atoms with Crippen molar-refractivity contribution in [3.05, 3.63) is 56.7 Å². The Labute approximate surface area is 148 Å². The molecule has 0 fully saturated rings. The number of aromatic hydroxyl groups is 1. The van der Waals surface area contributed by atoms with Gasteiger partial charge in [0.2, 0.25) is 4.77 Å². The van der Waals surface area contributed by atoms with Crippen LogP contribution < -0.4 is 4.74 Å². The molecule has 2 N–H and O–H groups in total. The Bertz CT molecular complexity index is 897. The van der Waals surface area contributed by atoms with Gasteiger partial charge in [0.1, 0.15) is 0 Å². The van der Waals surface area contributed by atoms with Gasteiger partial charge in [-0.3, -0.25) is 5.10 Å². The number of H-pyrrole nitrogens is 1. The molecule has 0 spiro atoms. The zero-order valence-corrected chi connectivity index (χ0v) is 14.6. The number of phenolic OH excluding ortho intramolecular Hbond substituents is 1. The lowest BCUT2D eigenvalue weighted by Crippen LogP contribution is -1.99. The summed E-state index contributed by atoms with van der Waals surface area (Å²) in [7, 11) is 0. The van der Waals surface area contributed by atoms with Crippen molar-refractivity contribution in [3.63, 3.8) is 0 Å². The highest BCUT2D eigenvalue weighted by Crippen LogP contribution is 2.26. The maximum Gasteiger partial charge on any atom is 0.216 e. The average Bonchev–Trinajstić information content (AvgIpc) is 3.20. The van der Waals surface area contributed by atoms with Crippen molar-refractivity contribution in [2.24, 2.45) is 5.10 Å². The molecule has 2 heterocycles. The van der Waals surface area contributed by atoms with Crippen LogP contribution in [0.1, 0.15) is 23.2 Å². The number of aromatic nitrogens is 3. The molecule has 0 atom stereocenters. The Morgan fingerprint density at radius 2 is 2.33 bits per heavy atom. The second-order valence-corrected chi connectivity index (χ2v) is 6.34. The van der Waals surface area contributed by atoms with E-state index in [0.717, 1.165) is 11.4 Å². The highest BCUT2D eigenvalue weighted by atomic mass is 32.1. The van der Waals surface area contributed by atoms with Gasteiger partial charge >= 0.3 is 0 Å². The van der Waals surface area contributed by atoms with Gasteiger partial charge in [-0.25, -0.2) is 0 Å². The first kappa shape index (κ1) is 16.4. The molecule has 0 saturated heterocycles. The number of nitrogens with one attached hydrogen (secondary N) is 1. The van der Waals surface area contributed by atoms with Crippen LogP contribution in [0.3, 0.4) is 0 Å². The molecule has 0 saturated carbocycles.